The lowest BCUT2D eigenvalue weighted by atomic mass is 9.78. The number of nitrogens with two attached hydrogens (primary N) is 3. The number of aliphatic hydroxyl groups excluding tert-OH is 1. The number of hydrogen-bond donors (Lipinski definition) is 15. The zero-order valence-electron chi connectivity index (χ0n) is 42.2. The summed E-state index contributed by atoms with van der Waals surface area (Å²) >= 11 is 4.20. The average molecular weight is 1040 g/mol. The molecule has 0 aromatic heterocycles. The van der Waals surface area contributed by atoms with E-state index in [4.69, 9.17) is 17.2 Å². The molecule has 17 N–H and O–H groups in total. The summed E-state index contributed by atoms with van der Waals surface area (Å²) in [5.74, 6) is -11.5. The number of aliphatic carboxylic acids is 2. The van der Waals surface area contributed by atoms with Crippen molar-refractivity contribution in [3.8, 4) is 0 Å². The van der Waals surface area contributed by atoms with Gasteiger partial charge in [0.1, 0.15) is 42.3 Å². The molecule has 0 aromatic rings. The van der Waals surface area contributed by atoms with Gasteiger partial charge in [0.25, 0.3) is 0 Å². The van der Waals surface area contributed by atoms with Crippen molar-refractivity contribution in [2.24, 2.45) is 40.9 Å². The van der Waals surface area contributed by atoms with Gasteiger partial charge in [0.15, 0.2) is 0 Å². The molecule has 0 spiro atoms. The zero-order chi connectivity index (χ0) is 54.7. The van der Waals surface area contributed by atoms with E-state index in [0.29, 0.717) is 51.5 Å². The van der Waals surface area contributed by atoms with Crippen LogP contribution in [0.5, 0.6) is 0 Å². The number of carboxylic acids is 2. The molecule has 0 heterocycles. The molecule has 72 heavy (non-hydrogen) atoms. The van der Waals surface area contributed by atoms with Gasteiger partial charge in [-0.25, -0.2) is 4.79 Å². The lowest BCUT2D eigenvalue weighted by molar-refractivity contribution is -0.149. The highest BCUT2D eigenvalue weighted by Gasteiger charge is 2.36. The van der Waals surface area contributed by atoms with E-state index in [1.54, 1.807) is 13.8 Å². The molecule has 0 aromatic carbocycles. The summed E-state index contributed by atoms with van der Waals surface area (Å²) in [7, 11) is 0. The highest BCUT2D eigenvalue weighted by atomic mass is 32.1. The minimum Gasteiger partial charge on any atom is -0.481 e. The van der Waals surface area contributed by atoms with Crippen LogP contribution in [0.15, 0.2) is 0 Å². The maximum atomic E-state index is 13.7. The largest absolute Gasteiger partial charge is 0.481 e. The molecular formula is C46H81N11O14S. The van der Waals surface area contributed by atoms with E-state index < -0.39 is 126 Å². The molecule has 10 atom stereocenters. The second-order valence-corrected chi connectivity index (χ2v) is 19.4. The molecule has 1 aliphatic rings. The number of hydrogen-bond acceptors (Lipinski definition) is 15. The summed E-state index contributed by atoms with van der Waals surface area (Å²) in [6, 6.07) is -10.7. The number of rotatable bonds is 35. The molecule has 1 fully saturated rings. The first-order valence-electron chi connectivity index (χ1n) is 24.7. The normalized spacial score (nSPS) is 17.8. The number of aliphatic hydroxyl groups is 1. The first-order chi connectivity index (χ1) is 33.9. The van der Waals surface area contributed by atoms with Gasteiger partial charge in [-0.15, -0.1) is 0 Å². The molecule has 1 rings (SSSR count). The molecule has 0 saturated heterocycles. The van der Waals surface area contributed by atoms with Crippen molar-refractivity contribution in [1.82, 2.24) is 42.5 Å². The van der Waals surface area contributed by atoms with Crippen LogP contribution in [-0.2, 0) is 52.7 Å². The predicted molar refractivity (Wildman–Crippen MR) is 266 cm³/mol. The van der Waals surface area contributed by atoms with Crippen molar-refractivity contribution >= 4 is 77.7 Å². The van der Waals surface area contributed by atoms with Crippen LogP contribution in [0.3, 0.4) is 0 Å². The maximum Gasteiger partial charge on any atom is 0.326 e. The Labute approximate surface area is 426 Å². The number of primary amides is 1. The summed E-state index contributed by atoms with van der Waals surface area (Å²) < 4.78 is 0. The standard InChI is InChI=1S/C46H81N11O14S/c1-24(2)20-29(48)39(62)52-30(14-9-11-19-50-38(61)27-12-6-7-13-28(27)45(68)69)40(63)57-35(23-72)44(67)51-26(5)37(60)56-34(22-58)43(66)55-33(21-25(3)4)42(65)53-31(16-17-36(49)59)41(64)54-32(46(70)71)15-8-10-18-47/h24-35,58,72H,6-23,47-48H2,1-5H3,(H2,49,59)(H,50,61)(H,51,67)(H,52,62)(H,53,65)(H,54,64)(H,55,66)(H,56,60)(H,57,63)(H,68,69)(H,70,71)/t26-,27?,28?,29-,30-,31-,32-,33-,34-,35-/m0/s1. The first-order valence-corrected chi connectivity index (χ1v) is 25.3. The van der Waals surface area contributed by atoms with E-state index in [-0.39, 0.29) is 62.1 Å². The first kappa shape index (κ1) is 64.4. The number of carbonyl (C=O) groups is 11. The van der Waals surface area contributed by atoms with Crippen molar-refractivity contribution in [2.45, 2.75) is 173 Å². The van der Waals surface area contributed by atoms with Gasteiger partial charge in [0, 0.05) is 18.7 Å². The van der Waals surface area contributed by atoms with Gasteiger partial charge >= 0.3 is 11.9 Å². The fourth-order valence-electron chi connectivity index (χ4n) is 7.88. The van der Waals surface area contributed by atoms with Crippen LogP contribution in [0.2, 0.25) is 0 Å². The summed E-state index contributed by atoms with van der Waals surface area (Å²) in [6.07, 6.45) is 3.61. The van der Waals surface area contributed by atoms with Crippen LogP contribution in [0, 0.1) is 23.7 Å². The SMILES string of the molecule is CC(C)C[C@H](NC(=O)[C@H](CO)NC(=O)[C@H](C)NC(=O)[C@H](CS)NC(=O)[C@H](CCCCNC(=O)C1CCCCC1C(=O)O)NC(=O)[C@@H](N)CC(C)C)C(=O)N[C@@H](CCC(N)=O)C(=O)N[C@@H](CCCCN)C(=O)O. The lowest BCUT2D eigenvalue weighted by Crippen LogP contribution is -2.60. The van der Waals surface area contributed by atoms with Crippen LogP contribution >= 0.6 is 12.6 Å². The van der Waals surface area contributed by atoms with Crippen LogP contribution in [0.25, 0.3) is 0 Å². The smallest absolute Gasteiger partial charge is 0.326 e. The number of unbranched alkanes of at least 4 members (excludes halogenated alkanes) is 2. The van der Waals surface area contributed by atoms with Crippen LogP contribution < -0.4 is 59.7 Å². The summed E-state index contributed by atoms with van der Waals surface area (Å²) in [5.41, 5.74) is 16.9. The second-order valence-electron chi connectivity index (χ2n) is 19.1. The Bertz CT molecular complexity index is 1840. The molecule has 0 radical (unpaired) electrons. The van der Waals surface area contributed by atoms with Crippen LogP contribution in [-0.4, -0.2) is 154 Å². The Hall–Kier alpha value is -5.60. The Morgan fingerprint density at radius 2 is 1.04 bits per heavy atom. The molecule has 25 nitrogen and oxygen atoms in total. The van der Waals surface area contributed by atoms with Crippen molar-refractivity contribution in [3.05, 3.63) is 0 Å². The Morgan fingerprint density at radius 3 is 1.58 bits per heavy atom. The minimum absolute atomic E-state index is 0.0155. The van der Waals surface area contributed by atoms with E-state index in [9.17, 15) is 68.1 Å². The second kappa shape index (κ2) is 33.9. The predicted octanol–water partition coefficient (Wildman–Crippen LogP) is -2.60. The van der Waals surface area contributed by atoms with Crippen molar-refractivity contribution in [3.63, 3.8) is 0 Å². The minimum atomic E-state index is -1.67. The van der Waals surface area contributed by atoms with Crippen LogP contribution in [0.1, 0.15) is 125 Å². The summed E-state index contributed by atoms with van der Waals surface area (Å²) in [6.45, 7) is 7.94. The Balaban J connectivity index is 3.06. The molecule has 1 saturated carbocycles. The van der Waals surface area contributed by atoms with Gasteiger partial charge in [-0.3, -0.25) is 47.9 Å². The van der Waals surface area contributed by atoms with E-state index in [2.05, 4.69) is 55.2 Å². The molecule has 26 heteroatoms. The Kier molecular flexibility index (Phi) is 30.4. The highest BCUT2D eigenvalue weighted by Crippen LogP contribution is 2.30. The van der Waals surface area contributed by atoms with Crippen molar-refractivity contribution in [1.29, 1.82) is 0 Å². The van der Waals surface area contributed by atoms with E-state index >= 15 is 0 Å². The maximum absolute atomic E-state index is 13.7. The van der Waals surface area contributed by atoms with Gasteiger partial charge in [-0.2, -0.15) is 12.6 Å². The molecule has 410 valence electrons. The number of nitrogens with one attached hydrogen (secondary N) is 8. The molecule has 1 aliphatic carbocycles. The molecule has 9 amide bonds. The highest BCUT2D eigenvalue weighted by molar-refractivity contribution is 7.80. The third kappa shape index (κ3) is 24.2. The van der Waals surface area contributed by atoms with Crippen molar-refractivity contribution in [2.75, 3.05) is 25.4 Å². The average Bonchev–Trinajstić information content (AvgIpc) is 3.31. The van der Waals surface area contributed by atoms with Crippen LogP contribution in [0.4, 0.5) is 0 Å². The summed E-state index contributed by atoms with van der Waals surface area (Å²) in [5, 5.41) is 49.3. The van der Waals surface area contributed by atoms with Gasteiger partial charge < -0.3 is 75.1 Å². The topological polar surface area (TPSA) is 423 Å². The van der Waals surface area contributed by atoms with Crippen molar-refractivity contribution < 1.29 is 68.1 Å². The third-order valence-corrected chi connectivity index (χ3v) is 12.3. The zero-order valence-corrected chi connectivity index (χ0v) is 43.1. The quantitative estimate of drug-likeness (QED) is 0.0229. The molecule has 2 unspecified atom stereocenters. The van der Waals surface area contributed by atoms with E-state index in [0.717, 1.165) is 12.8 Å². The number of amides is 9. The lowest BCUT2D eigenvalue weighted by Gasteiger charge is -2.27. The number of carbonyl (C=O) groups excluding carboxylic acids is 9. The van der Waals surface area contributed by atoms with E-state index in [1.807, 2.05) is 13.8 Å². The fourth-order valence-corrected chi connectivity index (χ4v) is 8.14. The van der Waals surface area contributed by atoms with Gasteiger partial charge in [-0.05, 0) is 95.9 Å². The number of carboxylic acid groups (broad SMARTS) is 2. The van der Waals surface area contributed by atoms with Gasteiger partial charge in [0.2, 0.25) is 53.2 Å². The molecule has 0 aliphatic heterocycles. The molecule has 0 bridgehead atoms. The van der Waals surface area contributed by atoms with Gasteiger partial charge in [-0.1, -0.05) is 40.5 Å². The number of thiol groups is 1. The van der Waals surface area contributed by atoms with E-state index in [1.165, 1.54) is 6.92 Å². The summed E-state index contributed by atoms with van der Waals surface area (Å²) in [4.78, 5) is 142. The molecular weight excluding hydrogens is 963 g/mol. The van der Waals surface area contributed by atoms with Gasteiger partial charge in [0.05, 0.1) is 24.5 Å². The Morgan fingerprint density at radius 1 is 0.569 bits per heavy atom. The third-order valence-electron chi connectivity index (χ3n) is 11.9. The monoisotopic (exact) mass is 1040 g/mol. The fraction of sp³-hybridized carbons (Fsp3) is 0.761.